The molecule has 2 aliphatic heterocycles. The number of nitrogens with zero attached hydrogens (tertiary/aromatic N) is 3. The lowest BCUT2D eigenvalue weighted by Gasteiger charge is -2.36. The summed E-state index contributed by atoms with van der Waals surface area (Å²) in [5, 5.41) is 0. The molecule has 126 valence electrons. The zero-order valence-electron chi connectivity index (χ0n) is 13.7. The van der Waals surface area contributed by atoms with Gasteiger partial charge in [-0.25, -0.2) is 4.98 Å². The van der Waals surface area contributed by atoms with E-state index >= 15 is 0 Å². The number of imidazole rings is 1. The molecular weight excluding hydrogens is 322 g/mol. The molecule has 1 fully saturated rings. The topological polar surface area (TPSA) is 47.4 Å². The molecule has 5 nitrogen and oxygen atoms in total. The highest BCUT2D eigenvalue weighted by Gasteiger charge is 2.33. The minimum Gasteiger partial charge on any atom is -0.479 e. The Kier molecular flexibility index (Phi) is 4.22. The second-order valence-corrected chi connectivity index (χ2v) is 7.39. The lowest BCUT2D eigenvalue weighted by molar-refractivity contribution is -0.139. The van der Waals surface area contributed by atoms with Gasteiger partial charge in [-0.3, -0.25) is 4.79 Å². The first-order chi connectivity index (χ1) is 11.7. The lowest BCUT2D eigenvalue weighted by Crippen LogP contribution is -2.48. The van der Waals surface area contributed by atoms with E-state index in [1.807, 2.05) is 48.5 Å². The molecule has 0 radical (unpaired) electrons. The van der Waals surface area contributed by atoms with Gasteiger partial charge >= 0.3 is 0 Å². The fourth-order valence-corrected chi connectivity index (χ4v) is 4.48. The van der Waals surface area contributed by atoms with Gasteiger partial charge in [0.15, 0.2) is 6.10 Å². The smallest absolute Gasteiger partial charge is 0.264 e. The number of likely N-dealkylation sites (tertiary alicyclic amines) is 1. The van der Waals surface area contributed by atoms with Crippen LogP contribution in [0.3, 0.4) is 0 Å². The number of carbonyl (C=O) groups excluding carboxylic acids is 1. The number of hydrogen-bond acceptors (Lipinski definition) is 4. The van der Waals surface area contributed by atoms with Gasteiger partial charge in [-0.15, -0.1) is 11.8 Å². The largest absolute Gasteiger partial charge is 0.479 e. The average Bonchev–Trinajstić information content (AvgIpc) is 3.07. The SMILES string of the molecule is Cc1nccn1[C@H]1CCCN(C(=O)[C@H]2CSc3ccccc3O2)C1. The van der Waals surface area contributed by atoms with Gasteiger partial charge in [0.05, 0.1) is 6.04 Å². The van der Waals surface area contributed by atoms with Crippen LogP contribution in [0.25, 0.3) is 0 Å². The summed E-state index contributed by atoms with van der Waals surface area (Å²) in [6, 6.07) is 8.24. The molecule has 2 aromatic rings. The maximum absolute atomic E-state index is 12.9. The first-order valence-corrected chi connectivity index (χ1v) is 9.37. The Morgan fingerprint density at radius 1 is 1.38 bits per heavy atom. The van der Waals surface area contributed by atoms with Gasteiger partial charge in [0.1, 0.15) is 11.6 Å². The Balaban J connectivity index is 1.46. The Morgan fingerprint density at radius 2 is 2.25 bits per heavy atom. The van der Waals surface area contributed by atoms with Crippen LogP contribution in [0.5, 0.6) is 5.75 Å². The Labute approximate surface area is 146 Å². The van der Waals surface area contributed by atoms with Gasteiger partial charge in [-0.05, 0) is 31.9 Å². The Hall–Kier alpha value is -1.95. The molecular formula is C18H21N3O2S. The zero-order valence-corrected chi connectivity index (χ0v) is 14.5. The molecule has 3 heterocycles. The van der Waals surface area contributed by atoms with Crippen LogP contribution in [0.1, 0.15) is 24.7 Å². The third-order valence-electron chi connectivity index (χ3n) is 4.75. The second-order valence-electron chi connectivity index (χ2n) is 6.33. The summed E-state index contributed by atoms with van der Waals surface area (Å²) in [7, 11) is 0. The summed E-state index contributed by atoms with van der Waals surface area (Å²) in [5.74, 6) is 2.62. The first-order valence-electron chi connectivity index (χ1n) is 8.39. The fraction of sp³-hybridized carbons (Fsp3) is 0.444. The van der Waals surface area contributed by atoms with E-state index in [0.29, 0.717) is 11.8 Å². The molecule has 1 aromatic heterocycles. The van der Waals surface area contributed by atoms with Crippen LogP contribution < -0.4 is 4.74 Å². The number of hydrogen-bond donors (Lipinski definition) is 0. The van der Waals surface area contributed by atoms with Crippen molar-refractivity contribution in [3.8, 4) is 5.75 Å². The molecule has 1 amide bonds. The van der Waals surface area contributed by atoms with Crippen molar-refractivity contribution in [3.63, 3.8) is 0 Å². The Morgan fingerprint density at radius 3 is 3.08 bits per heavy atom. The molecule has 1 aromatic carbocycles. The van der Waals surface area contributed by atoms with Crippen LogP contribution >= 0.6 is 11.8 Å². The number of aromatic nitrogens is 2. The minimum absolute atomic E-state index is 0.111. The predicted octanol–water partition coefficient (Wildman–Crippen LogP) is 2.91. The van der Waals surface area contributed by atoms with E-state index in [4.69, 9.17) is 4.74 Å². The standard InChI is InChI=1S/C18H21N3O2S/c1-13-19-8-10-21(13)14-5-4-9-20(11-14)18(22)16-12-24-17-7-3-2-6-15(17)23-16/h2-3,6-8,10,14,16H,4-5,9,11-12H2,1H3/t14-,16+/m0/s1. The van der Waals surface area contributed by atoms with Gasteiger partial charge in [0.25, 0.3) is 5.91 Å². The number of ether oxygens (including phenoxy) is 1. The predicted molar refractivity (Wildman–Crippen MR) is 93.4 cm³/mol. The molecule has 0 spiro atoms. The molecule has 0 bridgehead atoms. The molecule has 6 heteroatoms. The summed E-state index contributed by atoms with van der Waals surface area (Å²) in [6.45, 7) is 3.57. The van der Waals surface area contributed by atoms with Gasteiger partial charge < -0.3 is 14.2 Å². The summed E-state index contributed by atoms with van der Waals surface area (Å²) in [4.78, 5) is 20.3. The molecule has 0 unspecified atom stereocenters. The summed E-state index contributed by atoms with van der Waals surface area (Å²) < 4.78 is 8.15. The highest BCUT2D eigenvalue weighted by atomic mass is 32.2. The van der Waals surface area contributed by atoms with Crippen LogP contribution in [-0.4, -0.2) is 45.3 Å². The molecule has 0 N–H and O–H groups in total. The van der Waals surface area contributed by atoms with Crippen molar-refractivity contribution in [1.29, 1.82) is 0 Å². The van der Waals surface area contributed by atoms with Crippen LogP contribution in [0.4, 0.5) is 0 Å². The van der Waals surface area contributed by atoms with Gasteiger partial charge in [-0.1, -0.05) is 12.1 Å². The van der Waals surface area contributed by atoms with E-state index in [1.165, 1.54) is 0 Å². The van der Waals surface area contributed by atoms with E-state index in [9.17, 15) is 4.79 Å². The number of fused-ring (bicyclic) bond motifs is 1. The van der Waals surface area contributed by atoms with E-state index in [-0.39, 0.29) is 12.0 Å². The molecule has 1 saturated heterocycles. The van der Waals surface area contributed by atoms with Crippen molar-refractivity contribution in [3.05, 3.63) is 42.5 Å². The summed E-state index contributed by atoms with van der Waals surface area (Å²) in [5.41, 5.74) is 0. The van der Waals surface area contributed by atoms with Gasteiger partial charge in [-0.2, -0.15) is 0 Å². The molecule has 2 aliphatic rings. The van der Waals surface area contributed by atoms with E-state index in [1.54, 1.807) is 11.8 Å². The lowest BCUT2D eigenvalue weighted by atomic mass is 10.0. The molecule has 4 rings (SSSR count). The maximum Gasteiger partial charge on any atom is 0.264 e. The summed E-state index contributed by atoms with van der Waals surface area (Å²) in [6.07, 6.45) is 5.56. The van der Waals surface area contributed by atoms with Gasteiger partial charge in [0, 0.05) is 36.1 Å². The maximum atomic E-state index is 12.9. The van der Waals surface area contributed by atoms with Crippen molar-refractivity contribution in [2.45, 2.75) is 36.8 Å². The highest BCUT2D eigenvalue weighted by molar-refractivity contribution is 7.99. The Bertz CT molecular complexity index is 745. The molecule has 0 aliphatic carbocycles. The number of benzene rings is 1. The van der Waals surface area contributed by atoms with E-state index < -0.39 is 0 Å². The highest BCUT2D eigenvalue weighted by Crippen LogP contribution is 2.35. The third kappa shape index (κ3) is 2.90. The monoisotopic (exact) mass is 343 g/mol. The van der Waals surface area contributed by atoms with Crippen molar-refractivity contribution < 1.29 is 9.53 Å². The van der Waals surface area contributed by atoms with Crippen LogP contribution in [0, 0.1) is 6.92 Å². The van der Waals surface area contributed by atoms with Crippen LogP contribution in [0.15, 0.2) is 41.6 Å². The number of para-hydroxylation sites is 1. The number of thioether (sulfide) groups is 1. The first kappa shape index (κ1) is 15.6. The quantitative estimate of drug-likeness (QED) is 0.841. The van der Waals surface area contributed by atoms with Crippen molar-refractivity contribution in [2.24, 2.45) is 0 Å². The van der Waals surface area contributed by atoms with Crippen LogP contribution in [0.2, 0.25) is 0 Å². The number of aryl methyl sites for hydroxylation is 1. The van der Waals surface area contributed by atoms with E-state index in [0.717, 1.165) is 42.4 Å². The molecule has 2 atom stereocenters. The van der Waals surface area contributed by atoms with Crippen molar-refractivity contribution in [2.75, 3.05) is 18.8 Å². The zero-order chi connectivity index (χ0) is 16.5. The van der Waals surface area contributed by atoms with Crippen LogP contribution in [-0.2, 0) is 4.79 Å². The van der Waals surface area contributed by atoms with E-state index in [2.05, 4.69) is 9.55 Å². The van der Waals surface area contributed by atoms with Crippen molar-refractivity contribution >= 4 is 17.7 Å². The molecule has 24 heavy (non-hydrogen) atoms. The number of amides is 1. The van der Waals surface area contributed by atoms with Crippen molar-refractivity contribution in [1.82, 2.24) is 14.5 Å². The molecule has 0 saturated carbocycles. The number of piperidine rings is 1. The second kappa shape index (κ2) is 6.51. The van der Waals surface area contributed by atoms with Gasteiger partial charge in [0.2, 0.25) is 0 Å². The average molecular weight is 343 g/mol. The number of rotatable bonds is 2. The normalized spacial score (nSPS) is 23.5. The summed E-state index contributed by atoms with van der Waals surface area (Å²) >= 11 is 1.70. The number of carbonyl (C=O) groups is 1. The fourth-order valence-electron chi connectivity index (χ4n) is 3.50. The third-order valence-corrected chi connectivity index (χ3v) is 5.87. The minimum atomic E-state index is -0.382.